The first-order chi connectivity index (χ1) is 23.6. The summed E-state index contributed by atoms with van der Waals surface area (Å²) >= 11 is 4.07. The molecular formula is C46H60O2S2. The van der Waals surface area contributed by atoms with Crippen molar-refractivity contribution in [3.8, 4) is 33.8 Å². The fourth-order valence-corrected chi connectivity index (χ4v) is 10.6. The maximum atomic E-state index is 11.9. The molecule has 268 valence electrons. The highest BCUT2D eigenvalue weighted by Crippen LogP contribution is 2.45. The Hall–Kier alpha value is -2.82. The van der Waals surface area contributed by atoms with Crippen molar-refractivity contribution in [1.29, 1.82) is 0 Å². The molecule has 0 aliphatic heterocycles. The lowest BCUT2D eigenvalue weighted by atomic mass is 9.83. The van der Waals surface area contributed by atoms with E-state index in [1.165, 1.54) is 71.9 Å². The van der Waals surface area contributed by atoms with Gasteiger partial charge in [-0.25, -0.2) is 0 Å². The Morgan fingerprint density at radius 2 is 0.880 bits per heavy atom. The van der Waals surface area contributed by atoms with Gasteiger partial charge in [0.2, 0.25) is 0 Å². The fraction of sp³-hybridized carbons (Fsp3) is 0.478. The van der Waals surface area contributed by atoms with Crippen molar-refractivity contribution in [2.45, 2.75) is 141 Å². The molecule has 1 unspecified atom stereocenters. The van der Waals surface area contributed by atoms with E-state index in [0.717, 1.165) is 44.9 Å². The lowest BCUT2D eigenvalue weighted by Crippen LogP contribution is -2.22. The predicted octanol–water partition coefficient (Wildman–Crippen LogP) is 13.5. The van der Waals surface area contributed by atoms with Crippen molar-refractivity contribution in [2.75, 3.05) is 0 Å². The van der Waals surface area contributed by atoms with Gasteiger partial charge in [0, 0.05) is 44.3 Å². The summed E-state index contributed by atoms with van der Waals surface area (Å²) < 4.78 is 0. The second-order valence-corrected chi connectivity index (χ2v) is 19.2. The van der Waals surface area contributed by atoms with Crippen LogP contribution in [-0.4, -0.2) is 20.7 Å². The molecule has 1 fully saturated rings. The van der Waals surface area contributed by atoms with Crippen molar-refractivity contribution < 1.29 is 10.2 Å². The van der Waals surface area contributed by atoms with E-state index in [1.54, 1.807) is 0 Å². The van der Waals surface area contributed by atoms with Gasteiger partial charge in [0.1, 0.15) is 11.5 Å². The van der Waals surface area contributed by atoms with E-state index >= 15 is 0 Å². The van der Waals surface area contributed by atoms with Gasteiger partial charge < -0.3 is 10.2 Å². The molecule has 4 aromatic rings. The largest absolute Gasteiger partial charge is 0.507 e. The van der Waals surface area contributed by atoms with Gasteiger partial charge in [-0.3, -0.25) is 0 Å². The summed E-state index contributed by atoms with van der Waals surface area (Å²) in [6.45, 7) is 22.2. The Kier molecular flexibility index (Phi) is 12.2. The normalized spacial score (nSPS) is 17.4. The van der Waals surface area contributed by atoms with Crippen LogP contribution in [0.15, 0.2) is 60.7 Å². The predicted molar refractivity (Wildman–Crippen MR) is 221 cm³/mol. The van der Waals surface area contributed by atoms with E-state index in [0.29, 0.717) is 22.0 Å². The molecule has 0 radical (unpaired) electrons. The zero-order valence-corrected chi connectivity index (χ0v) is 33.9. The van der Waals surface area contributed by atoms with Crippen molar-refractivity contribution in [2.24, 2.45) is 0 Å². The summed E-state index contributed by atoms with van der Waals surface area (Å²) in [5.74, 6) is 2.44. The quantitative estimate of drug-likeness (QED) is 0.191. The van der Waals surface area contributed by atoms with E-state index in [4.69, 9.17) is 0 Å². The smallest absolute Gasteiger partial charge is 0.127 e. The van der Waals surface area contributed by atoms with Crippen LogP contribution in [0, 0.1) is 27.7 Å². The van der Waals surface area contributed by atoms with E-state index in [2.05, 4.69) is 130 Å². The topological polar surface area (TPSA) is 40.5 Å². The SMILES string of the molecule is Cc1cccc(C)c1-c1cc(C(C)(C)C)cc(CSC2CCCCCC[C@@H]2SCc2cc(C(C)(C)C)cc(-c3c(C)cccc3C)c2O)c1O. The highest BCUT2D eigenvalue weighted by atomic mass is 32.2. The molecule has 5 rings (SSSR count). The number of hydrogen-bond acceptors (Lipinski definition) is 4. The monoisotopic (exact) mass is 708 g/mol. The highest BCUT2D eigenvalue weighted by Gasteiger charge is 2.28. The maximum Gasteiger partial charge on any atom is 0.127 e. The number of phenols is 2. The van der Waals surface area contributed by atoms with E-state index < -0.39 is 0 Å². The summed E-state index contributed by atoms with van der Waals surface area (Å²) in [5.41, 5.74) is 13.6. The minimum Gasteiger partial charge on any atom is -0.507 e. The van der Waals surface area contributed by atoms with Gasteiger partial charge in [-0.1, -0.05) is 116 Å². The van der Waals surface area contributed by atoms with Crippen LogP contribution in [0.3, 0.4) is 0 Å². The first kappa shape index (κ1) is 38.4. The molecule has 0 spiro atoms. The third-order valence-corrected chi connectivity index (χ3v) is 13.8. The number of benzene rings is 4. The summed E-state index contributed by atoms with van der Waals surface area (Å²) in [6.07, 6.45) is 7.46. The summed E-state index contributed by atoms with van der Waals surface area (Å²) in [6, 6.07) is 21.8. The van der Waals surface area contributed by atoms with Gasteiger partial charge in [0.15, 0.2) is 0 Å². The van der Waals surface area contributed by atoms with Gasteiger partial charge in [0.25, 0.3) is 0 Å². The molecule has 1 saturated carbocycles. The summed E-state index contributed by atoms with van der Waals surface area (Å²) in [7, 11) is 0. The molecule has 2 nitrogen and oxygen atoms in total. The molecule has 2 atom stereocenters. The van der Waals surface area contributed by atoms with Gasteiger partial charge in [-0.2, -0.15) is 23.5 Å². The summed E-state index contributed by atoms with van der Waals surface area (Å²) in [5, 5.41) is 24.7. The Labute approximate surface area is 311 Å². The third-order valence-electron chi connectivity index (χ3n) is 10.7. The van der Waals surface area contributed by atoms with E-state index in [9.17, 15) is 10.2 Å². The molecule has 50 heavy (non-hydrogen) atoms. The first-order valence-electron chi connectivity index (χ1n) is 18.7. The Bertz CT molecular complexity index is 1630. The number of aryl methyl sites for hydroxylation is 4. The van der Waals surface area contributed by atoms with Crippen molar-refractivity contribution >= 4 is 23.5 Å². The van der Waals surface area contributed by atoms with E-state index in [1.807, 2.05) is 23.5 Å². The van der Waals surface area contributed by atoms with Crippen LogP contribution in [-0.2, 0) is 22.3 Å². The molecule has 0 aromatic heterocycles. The van der Waals surface area contributed by atoms with Gasteiger partial charge >= 0.3 is 0 Å². The van der Waals surface area contributed by atoms with E-state index in [-0.39, 0.29) is 10.8 Å². The van der Waals surface area contributed by atoms with Gasteiger partial charge in [0.05, 0.1) is 0 Å². The van der Waals surface area contributed by atoms with Gasteiger partial charge in [-0.15, -0.1) is 0 Å². The molecule has 0 amide bonds. The molecule has 1 aliphatic rings. The number of thioether (sulfide) groups is 2. The molecule has 4 heteroatoms. The van der Waals surface area contributed by atoms with Crippen LogP contribution in [0.1, 0.15) is 125 Å². The highest BCUT2D eigenvalue weighted by molar-refractivity contribution is 8.03. The number of aromatic hydroxyl groups is 2. The lowest BCUT2D eigenvalue weighted by molar-refractivity contribution is 0.470. The second-order valence-electron chi connectivity index (χ2n) is 16.8. The molecule has 2 N–H and O–H groups in total. The number of hydrogen-bond donors (Lipinski definition) is 2. The lowest BCUT2D eigenvalue weighted by Gasteiger charge is -2.30. The first-order valence-corrected chi connectivity index (χ1v) is 20.7. The van der Waals surface area contributed by atoms with Crippen LogP contribution in [0.25, 0.3) is 22.3 Å². The molecule has 0 saturated heterocycles. The van der Waals surface area contributed by atoms with Crippen LogP contribution in [0.2, 0.25) is 0 Å². The average molecular weight is 709 g/mol. The third kappa shape index (κ3) is 8.79. The standard InChI is InChI=1S/C46H60O2S2/c1-29-17-15-18-30(2)41(29)37-25-35(45(5,6)7)23-33(43(37)47)27-49-39-21-13-11-12-14-22-40(39)50-28-34-24-36(46(8,9)10)26-38(44(34)48)42-31(3)19-16-20-32(42)4/h15-20,23-26,39-40,47-48H,11-14,21-22,27-28H2,1-10H3/t39-,40?/m0/s1. The molecule has 4 aromatic carbocycles. The van der Waals surface area contributed by atoms with Gasteiger partial charge in [-0.05, 0) is 108 Å². The maximum absolute atomic E-state index is 11.9. The van der Waals surface area contributed by atoms with Crippen molar-refractivity contribution in [1.82, 2.24) is 0 Å². The minimum absolute atomic E-state index is 0.0314. The van der Waals surface area contributed by atoms with Crippen LogP contribution in [0.4, 0.5) is 0 Å². The second kappa shape index (κ2) is 15.8. The number of rotatable bonds is 8. The number of phenolic OH excluding ortho intramolecular Hbond substituents is 2. The minimum atomic E-state index is -0.0314. The Morgan fingerprint density at radius 3 is 1.20 bits per heavy atom. The van der Waals surface area contributed by atoms with Crippen molar-refractivity contribution in [3.63, 3.8) is 0 Å². The zero-order valence-electron chi connectivity index (χ0n) is 32.3. The van der Waals surface area contributed by atoms with Crippen LogP contribution in [0.5, 0.6) is 11.5 Å². The Balaban J connectivity index is 1.46. The molecule has 0 heterocycles. The molecular weight excluding hydrogens is 649 g/mol. The average Bonchev–Trinajstić information content (AvgIpc) is 3.01. The molecule has 0 bridgehead atoms. The van der Waals surface area contributed by atoms with Crippen LogP contribution < -0.4 is 0 Å². The van der Waals surface area contributed by atoms with Crippen LogP contribution >= 0.6 is 23.5 Å². The van der Waals surface area contributed by atoms with Crippen molar-refractivity contribution in [3.05, 3.63) is 105 Å². The zero-order chi connectivity index (χ0) is 36.4. The summed E-state index contributed by atoms with van der Waals surface area (Å²) in [4.78, 5) is 0. The Morgan fingerprint density at radius 1 is 0.540 bits per heavy atom. The molecule has 1 aliphatic carbocycles. The fourth-order valence-electron chi connectivity index (χ4n) is 7.53.